The Balaban J connectivity index is 1.72. The van der Waals surface area contributed by atoms with Gasteiger partial charge in [-0.15, -0.1) is 11.3 Å². The number of sulfonamides is 1. The first kappa shape index (κ1) is 19.3. The highest BCUT2D eigenvalue weighted by atomic mass is 79.9. The summed E-state index contributed by atoms with van der Waals surface area (Å²) in [6.45, 7) is 0.171. The highest BCUT2D eigenvalue weighted by Gasteiger charge is 2.40. The van der Waals surface area contributed by atoms with Crippen LogP contribution in [0.3, 0.4) is 0 Å². The van der Waals surface area contributed by atoms with Crippen molar-refractivity contribution in [1.29, 1.82) is 0 Å². The van der Waals surface area contributed by atoms with Crippen molar-refractivity contribution in [2.45, 2.75) is 23.2 Å². The zero-order chi connectivity index (χ0) is 19.7. The molecule has 1 aromatic heterocycles. The molecule has 28 heavy (non-hydrogen) atoms. The Kier molecular flexibility index (Phi) is 5.37. The van der Waals surface area contributed by atoms with E-state index >= 15 is 0 Å². The summed E-state index contributed by atoms with van der Waals surface area (Å²) in [6.07, 6.45) is 0.330. The van der Waals surface area contributed by atoms with Gasteiger partial charge in [-0.1, -0.05) is 42.5 Å². The van der Waals surface area contributed by atoms with Gasteiger partial charge in [-0.05, 0) is 57.1 Å². The van der Waals surface area contributed by atoms with Gasteiger partial charge in [-0.2, -0.15) is 4.31 Å². The fourth-order valence-electron chi connectivity index (χ4n) is 3.28. The maximum Gasteiger partial charge on any atom is 0.253 e. The summed E-state index contributed by atoms with van der Waals surface area (Å²) in [5.74, 6) is -0.346. The minimum atomic E-state index is -3.78. The van der Waals surface area contributed by atoms with Crippen LogP contribution in [0.4, 0.5) is 5.69 Å². The molecule has 0 saturated heterocycles. The van der Waals surface area contributed by atoms with Crippen LogP contribution in [0, 0.1) is 0 Å². The number of carbonyl (C=O) groups is 1. The lowest BCUT2D eigenvalue weighted by Gasteiger charge is -2.34. The number of thiophene rings is 1. The molecular weight excluding hydrogens is 460 g/mol. The first-order valence-corrected chi connectivity index (χ1v) is 11.8. The fraction of sp³-hybridized carbons (Fsp3) is 0.150. The molecule has 4 rings (SSSR count). The number of anilines is 1. The SMILES string of the molecule is O=C(Nc1ccccc1Br)C1Cc2ccccc2CN1S(=O)(=O)c1cccs1. The topological polar surface area (TPSA) is 66.5 Å². The van der Waals surface area contributed by atoms with Crippen LogP contribution >= 0.6 is 27.3 Å². The van der Waals surface area contributed by atoms with Crippen molar-refractivity contribution in [2.75, 3.05) is 5.32 Å². The number of hydrogen-bond donors (Lipinski definition) is 1. The molecule has 5 nitrogen and oxygen atoms in total. The van der Waals surface area contributed by atoms with E-state index in [0.29, 0.717) is 12.1 Å². The standard InChI is InChI=1S/C20H17BrN2O3S2/c21-16-8-3-4-9-17(16)22-20(24)18-12-14-6-1-2-7-15(14)13-23(18)28(25,26)19-10-5-11-27-19/h1-11,18H,12-13H2,(H,22,24). The number of benzene rings is 2. The molecule has 0 bridgehead atoms. The van der Waals surface area contributed by atoms with Gasteiger partial charge in [0.2, 0.25) is 5.91 Å². The number of hydrogen-bond acceptors (Lipinski definition) is 4. The van der Waals surface area contributed by atoms with Crippen molar-refractivity contribution in [3.8, 4) is 0 Å². The zero-order valence-corrected chi connectivity index (χ0v) is 17.9. The van der Waals surface area contributed by atoms with Crippen molar-refractivity contribution < 1.29 is 13.2 Å². The summed E-state index contributed by atoms with van der Waals surface area (Å²) < 4.78 is 28.8. The van der Waals surface area contributed by atoms with Gasteiger partial charge >= 0.3 is 0 Å². The Hall–Kier alpha value is -2.00. The Morgan fingerprint density at radius 1 is 1.04 bits per heavy atom. The molecule has 0 spiro atoms. The number of fused-ring (bicyclic) bond motifs is 1. The number of carbonyl (C=O) groups excluding carboxylic acids is 1. The smallest absolute Gasteiger partial charge is 0.253 e. The van der Waals surface area contributed by atoms with Crippen molar-refractivity contribution >= 4 is 48.9 Å². The number of para-hydroxylation sites is 1. The summed E-state index contributed by atoms with van der Waals surface area (Å²) in [4.78, 5) is 13.1. The molecule has 2 aromatic carbocycles. The molecular formula is C20H17BrN2O3S2. The number of nitrogens with one attached hydrogen (secondary N) is 1. The second-order valence-electron chi connectivity index (χ2n) is 6.44. The highest BCUT2D eigenvalue weighted by molar-refractivity contribution is 9.10. The summed E-state index contributed by atoms with van der Waals surface area (Å²) in [7, 11) is -3.78. The van der Waals surface area contributed by atoms with Gasteiger partial charge in [0.1, 0.15) is 10.3 Å². The molecule has 2 heterocycles. The monoisotopic (exact) mass is 476 g/mol. The predicted molar refractivity (Wildman–Crippen MR) is 114 cm³/mol. The van der Waals surface area contributed by atoms with Crippen LogP contribution in [0.25, 0.3) is 0 Å². The Labute approximate surface area is 176 Å². The average Bonchev–Trinajstić information content (AvgIpc) is 3.24. The lowest BCUT2D eigenvalue weighted by atomic mass is 9.95. The van der Waals surface area contributed by atoms with Gasteiger partial charge in [0.25, 0.3) is 10.0 Å². The van der Waals surface area contributed by atoms with E-state index in [2.05, 4.69) is 21.2 Å². The molecule has 0 aliphatic carbocycles. The number of rotatable bonds is 4. The minimum absolute atomic E-state index is 0.171. The van der Waals surface area contributed by atoms with Crippen LogP contribution in [0.2, 0.25) is 0 Å². The zero-order valence-electron chi connectivity index (χ0n) is 14.7. The normalized spacial score (nSPS) is 17.1. The van der Waals surface area contributed by atoms with Gasteiger partial charge in [0.05, 0.1) is 5.69 Å². The first-order chi connectivity index (χ1) is 13.5. The third-order valence-corrected chi connectivity index (χ3v) is 8.62. The van der Waals surface area contributed by atoms with Crippen molar-refractivity contribution in [1.82, 2.24) is 4.31 Å². The highest BCUT2D eigenvalue weighted by Crippen LogP contribution is 2.32. The summed E-state index contributed by atoms with van der Waals surface area (Å²) in [6, 6.07) is 17.4. The number of halogens is 1. The summed E-state index contributed by atoms with van der Waals surface area (Å²) >= 11 is 4.57. The molecule has 144 valence electrons. The Morgan fingerprint density at radius 3 is 2.46 bits per heavy atom. The van der Waals surface area contributed by atoms with E-state index in [1.165, 1.54) is 4.31 Å². The van der Waals surface area contributed by atoms with Crippen molar-refractivity contribution in [3.05, 3.63) is 81.6 Å². The van der Waals surface area contributed by atoms with E-state index in [0.717, 1.165) is 26.9 Å². The molecule has 1 amide bonds. The van der Waals surface area contributed by atoms with Crippen LogP contribution in [0.5, 0.6) is 0 Å². The predicted octanol–water partition coefficient (Wildman–Crippen LogP) is 4.26. The molecule has 0 saturated carbocycles. The van der Waals surface area contributed by atoms with E-state index in [1.807, 2.05) is 42.5 Å². The maximum absolute atomic E-state index is 13.2. The lowest BCUT2D eigenvalue weighted by Crippen LogP contribution is -2.50. The average molecular weight is 477 g/mol. The van der Waals surface area contributed by atoms with E-state index in [9.17, 15) is 13.2 Å². The van der Waals surface area contributed by atoms with E-state index in [4.69, 9.17) is 0 Å². The van der Waals surface area contributed by atoms with Crippen LogP contribution in [0.15, 0.2) is 74.7 Å². The van der Waals surface area contributed by atoms with Gasteiger partial charge in [-0.25, -0.2) is 8.42 Å². The van der Waals surface area contributed by atoms with Crippen LogP contribution in [0.1, 0.15) is 11.1 Å². The molecule has 0 radical (unpaired) electrons. The largest absolute Gasteiger partial charge is 0.324 e. The van der Waals surface area contributed by atoms with Crippen LogP contribution < -0.4 is 5.32 Å². The third kappa shape index (κ3) is 3.65. The van der Waals surface area contributed by atoms with E-state index < -0.39 is 16.1 Å². The molecule has 1 aliphatic rings. The minimum Gasteiger partial charge on any atom is -0.324 e. The van der Waals surface area contributed by atoms with Crippen LogP contribution in [-0.4, -0.2) is 24.7 Å². The molecule has 1 unspecified atom stereocenters. The fourth-order valence-corrected chi connectivity index (χ4v) is 6.35. The molecule has 1 atom stereocenters. The Morgan fingerprint density at radius 2 is 1.75 bits per heavy atom. The molecule has 1 aliphatic heterocycles. The van der Waals surface area contributed by atoms with Gasteiger partial charge in [0.15, 0.2) is 0 Å². The summed E-state index contributed by atoms with van der Waals surface area (Å²) in [5, 5.41) is 4.59. The molecule has 8 heteroatoms. The lowest BCUT2D eigenvalue weighted by molar-refractivity contribution is -0.120. The third-order valence-electron chi connectivity index (χ3n) is 4.70. The quantitative estimate of drug-likeness (QED) is 0.611. The van der Waals surface area contributed by atoms with Gasteiger partial charge < -0.3 is 5.32 Å². The van der Waals surface area contributed by atoms with Gasteiger partial charge in [0, 0.05) is 11.0 Å². The van der Waals surface area contributed by atoms with Crippen LogP contribution in [-0.2, 0) is 27.8 Å². The number of amides is 1. The molecule has 0 fully saturated rings. The maximum atomic E-state index is 13.2. The van der Waals surface area contributed by atoms with E-state index in [1.54, 1.807) is 23.6 Å². The summed E-state index contributed by atoms with van der Waals surface area (Å²) in [5.41, 5.74) is 2.53. The Bertz CT molecular complexity index is 1110. The van der Waals surface area contributed by atoms with Gasteiger partial charge in [-0.3, -0.25) is 4.79 Å². The van der Waals surface area contributed by atoms with Crippen molar-refractivity contribution in [3.63, 3.8) is 0 Å². The second-order valence-corrected chi connectivity index (χ2v) is 10.4. The first-order valence-electron chi connectivity index (χ1n) is 8.64. The van der Waals surface area contributed by atoms with E-state index in [-0.39, 0.29) is 16.7 Å². The van der Waals surface area contributed by atoms with Crippen molar-refractivity contribution in [2.24, 2.45) is 0 Å². The molecule has 3 aromatic rings. The second kappa shape index (κ2) is 7.79. The molecule has 1 N–H and O–H groups in total. The number of nitrogens with zero attached hydrogens (tertiary/aromatic N) is 1.